The molecular formula is C15H21BrO. The first-order chi connectivity index (χ1) is 7.81. The third-order valence-electron chi connectivity index (χ3n) is 5.05. The molecule has 2 aliphatic carbocycles. The van der Waals surface area contributed by atoms with Gasteiger partial charge in [0.15, 0.2) is 5.78 Å². The van der Waals surface area contributed by atoms with Crippen molar-refractivity contribution < 1.29 is 4.79 Å². The lowest BCUT2D eigenvalue weighted by molar-refractivity contribution is -0.120. The van der Waals surface area contributed by atoms with E-state index < -0.39 is 0 Å². The normalized spacial score (nSPS) is 37.2. The molecule has 0 saturated heterocycles. The molecule has 0 aromatic carbocycles. The molecule has 0 heterocycles. The van der Waals surface area contributed by atoms with E-state index in [1.165, 1.54) is 5.57 Å². The molecular weight excluding hydrogens is 276 g/mol. The summed E-state index contributed by atoms with van der Waals surface area (Å²) in [6.07, 6.45) is 5.90. The average molecular weight is 297 g/mol. The number of ketones is 1. The molecule has 2 unspecified atom stereocenters. The van der Waals surface area contributed by atoms with E-state index in [1.54, 1.807) is 0 Å². The second kappa shape index (κ2) is 4.08. The summed E-state index contributed by atoms with van der Waals surface area (Å²) < 4.78 is 0. The highest BCUT2D eigenvalue weighted by Crippen LogP contribution is 2.60. The minimum absolute atomic E-state index is 0.0317. The van der Waals surface area contributed by atoms with Crippen LogP contribution < -0.4 is 0 Å². The zero-order valence-electron chi connectivity index (χ0n) is 11.0. The SMILES string of the molecule is C=C1CCC(Br)C(C)(C)C12CC=C(C)C(=O)C2. The average Bonchev–Trinajstić information content (AvgIpc) is 2.27. The van der Waals surface area contributed by atoms with Crippen LogP contribution >= 0.6 is 15.9 Å². The Labute approximate surface area is 112 Å². The van der Waals surface area contributed by atoms with Gasteiger partial charge in [-0.3, -0.25) is 4.79 Å². The monoisotopic (exact) mass is 296 g/mol. The minimum atomic E-state index is -0.0317. The van der Waals surface area contributed by atoms with Crippen LogP contribution in [0.4, 0.5) is 0 Å². The fraction of sp³-hybridized carbons (Fsp3) is 0.667. The number of carbonyl (C=O) groups is 1. The summed E-state index contributed by atoms with van der Waals surface area (Å²) in [5.41, 5.74) is 2.26. The van der Waals surface area contributed by atoms with Crippen LogP contribution in [-0.2, 0) is 4.79 Å². The van der Waals surface area contributed by atoms with Gasteiger partial charge in [-0.2, -0.15) is 0 Å². The molecule has 0 amide bonds. The highest BCUT2D eigenvalue weighted by molar-refractivity contribution is 9.09. The zero-order chi connectivity index (χ0) is 12.8. The van der Waals surface area contributed by atoms with Crippen LogP contribution in [0.5, 0.6) is 0 Å². The molecule has 0 bridgehead atoms. The quantitative estimate of drug-likeness (QED) is 0.478. The number of hydrogen-bond donors (Lipinski definition) is 0. The Morgan fingerprint density at radius 3 is 2.71 bits per heavy atom. The summed E-state index contributed by atoms with van der Waals surface area (Å²) in [6.45, 7) is 10.8. The van der Waals surface area contributed by atoms with E-state index in [-0.39, 0.29) is 10.8 Å². The van der Waals surface area contributed by atoms with Crippen LogP contribution in [-0.4, -0.2) is 10.6 Å². The molecule has 1 nitrogen and oxygen atoms in total. The summed E-state index contributed by atoms with van der Waals surface area (Å²) in [5, 5.41) is 0. The van der Waals surface area contributed by atoms with Crippen LogP contribution in [0, 0.1) is 10.8 Å². The Bertz CT molecular complexity index is 405. The van der Waals surface area contributed by atoms with Crippen LogP contribution in [0.15, 0.2) is 23.8 Å². The Hall–Kier alpha value is -0.370. The van der Waals surface area contributed by atoms with Gasteiger partial charge in [0, 0.05) is 16.7 Å². The minimum Gasteiger partial charge on any atom is -0.295 e. The maximum absolute atomic E-state index is 12.1. The molecule has 2 heteroatoms. The molecule has 0 radical (unpaired) electrons. The van der Waals surface area contributed by atoms with Gasteiger partial charge in [0.05, 0.1) is 0 Å². The van der Waals surface area contributed by atoms with Crippen molar-refractivity contribution in [3.05, 3.63) is 23.8 Å². The van der Waals surface area contributed by atoms with Crippen molar-refractivity contribution in [1.82, 2.24) is 0 Å². The molecule has 1 saturated carbocycles. The van der Waals surface area contributed by atoms with Crippen molar-refractivity contribution in [1.29, 1.82) is 0 Å². The molecule has 1 spiro atoms. The molecule has 0 aromatic heterocycles. The predicted octanol–water partition coefficient (Wildman–Crippen LogP) is 4.42. The molecule has 0 aromatic rings. The predicted molar refractivity (Wildman–Crippen MR) is 75.3 cm³/mol. The number of alkyl halides is 1. The standard InChI is InChI=1S/C15H21BrO/c1-10-7-8-15(9-12(10)17)11(2)5-6-13(16)14(15,3)4/h7,13H,2,5-6,8-9H2,1,3-4H3. The first-order valence-electron chi connectivity index (χ1n) is 6.33. The van der Waals surface area contributed by atoms with Gasteiger partial charge in [0.25, 0.3) is 0 Å². The second-order valence-electron chi connectivity index (χ2n) is 6.10. The zero-order valence-corrected chi connectivity index (χ0v) is 12.6. The van der Waals surface area contributed by atoms with E-state index in [9.17, 15) is 4.79 Å². The molecule has 94 valence electrons. The summed E-state index contributed by atoms with van der Waals surface area (Å²) in [4.78, 5) is 12.6. The smallest absolute Gasteiger partial charge is 0.159 e. The van der Waals surface area contributed by atoms with Gasteiger partial charge in [-0.05, 0) is 37.2 Å². The Balaban J connectivity index is 2.47. The topological polar surface area (TPSA) is 17.1 Å². The Morgan fingerprint density at radius 2 is 2.12 bits per heavy atom. The number of carbonyl (C=O) groups excluding carboxylic acids is 1. The Morgan fingerprint density at radius 1 is 1.47 bits per heavy atom. The first kappa shape index (κ1) is 13.1. The van der Waals surface area contributed by atoms with Crippen molar-refractivity contribution in [2.45, 2.75) is 51.3 Å². The molecule has 1 fully saturated rings. The van der Waals surface area contributed by atoms with Crippen LogP contribution in [0.3, 0.4) is 0 Å². The lowest BCUT2D eigenvalue weighted by atomic mass is 9.51. The molecule has 0 N–H and O–H groups in total. The van der Waals surface area contributed by atoms with Gasteiger partial charge in [-0.25, -0.2) is 0 Å². The molecule has 2 rings (SSSR count). The van der Waals surface area contributed by atoms with Crippen molar-refractivity contribution in [2.24, 2.45) is 10.8 Å². The van der Waals surface area contributed by atoms with Crippen molar-refractivity contribution in [3.8, 4) is 0 Å². The maximum atomic E-state index is 12.1. The fourth-order valence-corrected chi connectivity index (χ4v) is 4.01. The number of halogens is 1. The highest BCUT2D eigenvalue weighted by atomic mass is 79.9. The van der Waals surface area contributed by atoms with Crippen LogP contribution in [0.1, 0.15) is 46.5 Å². The van der Waals surface area contributed by atoms with E-state index in [2.05, 4.69) is 42.4 Å². The van der Waals surface area contributed by atoms with Gasteiger partial charge in [-0.15, -0.1) is 0 Å². The lowest BCUT2D eigenvalue weighted by Crippen LogP contribution is -2.50. The molecule has 17 heavy (non-hydrogen) atoms. The number of rotatable bonds is 0. The Kier molecular flexibility index (Phi) is 3.14. The summed E-state index contributed by atoms with van der Waals surface area (Å²) in [6, 6.07) is 0. The number of allylic oxidation sites excluding steroid dienone is 3. The van der Waals surface area contributed by atoms with Crippen molar-refractivity contribution >= 4 is 21.7 Å². The molecule has 2 atom stereocenters. The summed E-state index contributed by atoms with van der Waals surface area (Å²) >= 11 is 3.81. The van der Waals surface area contributed by atoms with Gasteiger partial charge in [0.1, 0.15) is 0 Å². The van der Waals surface area contributed by atoms with Crippen molar-refractivity contribution in [3.63, 3.8) is 0 Å². The van der Waals surface area contributed by atoms with E-state index in [4.69, 9.17) is 0 Å². The van der Waals surface area contributed by atoms with Gasteiger partial charge >= 0.3 is 0 Å². The fourth-order valence-electron chi connectivity index (χ4n) is 3.34. The second-order valence-corrected chi connectivity index (χ2v) is 7.21. The van der Waals surface area contributed by atoms with Gasteiger partial charge in [-0.1, -0.05) is 48.0 Å². The number of Topliss-reactive ketones (excluding diaryl/α,β-unsaturated/α-hetero) is 1. The summed E-state index contributed by atoms with van der Waals surface area (Å²) in [5.74, 6) is 0.298. The lowest BCUT2D eigenvalue weighted by Gasteiger charge is -2.55. The third kappa shape index (κ3) is 1.76. The van der Waals surface area contributed by atoms with E-state index in [0.29, 0.717) is 17.0 Å². The van der Waals surface area contributed by atoms with E-state index >= 15 is 0 Å². The third-order valence-corrected chi connectivity index (χ3v) is 6.65. The van der Waals surface area contributed by atoms with E-state index in [0.717, 1.165) is 24.8 Å². The molecule has 2 aliphatic rings. The summed E-state index contributed by atoms with van der Waals surface area (Å²) in [7, 11) is 0. The van der Waals surface area contributed by atoms with E-state index in [1.807, 2.05) is 6.92 Å². The van der Waals surface area contributed by atoms with Gasteiger partial charge < -0.3 is 0 Å². The highest BCUT2D eigenvalue weighted by Gasteiger charge is 2.54. The van der Waals surface area contributed by atoms with Crippen LogP contribution in [0.2, 0.25) is 0 Å². The van der Waals surface area contributed by atoms with Gasteiger partial charge in [0.2, 0.25) is 0 Å². The first-order valence-corrected chi connectivity index (χ1v) is 7.25. The van der Waals surface area contributed by atoms with Crippen LogP contribution in [0.25, 0.3) is 0 Å². The maximum Gasteiger partial charge on any atom is 0.159 e. The molecule has 0 aliphatic heterocycles. The largest absolute Gasteiger partial charge is 0.295 e. The number of hydrogen-bond acceptors (Lipinski definition) is 1. The van der Waals surface area contributed by atoms with Crippen molar-refractivity contribution in [2.75, 3.05) is 0 Å².